The fourth-order valence-corrected chi connectivity index (χ4v) is 12.0. The van der Waals surface area contributed by atoms with Gasteiger partial charge in [-0.15, -0.1) is 0 Å². The molecule has 0 aromatic rings. The Bertz CT molecular complexity index is 683. The summed E-state index contributed by atoms with van der Waals surface area (Å²) in [5.41, 5.74) is 0. The maximum absolute atomic E-state index is 11.7. The van der Waals surface area contributed by atoms with Crippen LogP contribution < -0.4 is 14.7 Å². The van der Waals surface area contributed by atoms with Crippen LogP contribution in [0.3, 0.4) is 0 Å². The zero-order chi connectivity index (χ0) is 35.2. The van der Waals surface area contributed by atoms with Crippen molar-refractivity contribution >= 4 is 22.1 Å². The van der Waals surface area contributed by atoms with E-state index in [-0.39, 0.29) is 17.4 Å². The molecule has 0 aromatic heterocycles. The molecule has 6 nitrogen and oxygen atoms in total. The van der Waals surface area contributed by atoms with Gasteiger partial charge in [-0.25, -0.2) is 0 Å². The monoisotopic (exact) mass is 751 g/mol. The van der Waals surface area contributed by atoms with Gasteiger partial charge in [0, 0.05) is 22.1 Å². The Morgan fingerprint density at radius 3 is 0.739 bits per heavy atom. The number of hydrogen-bond donors (Lipinski definition) is 0. The Hall–Kier alpha value is 1.10. The Morgan fingerprint density at radius 1 is 0.391 bits per heavy atom. The van der Waals surface area contributed by atoms with Gasteiger partial charge in [-0.3, -0.25) is 0 Å². The summed E-state index contributed by atoms with van der Waals surface area (Å²) in [6.45, 7) is 18.9. The van der Waals surface area contributed by atoms with Crippen molar-refractivity contribution < 1.29 is 45.7 Å². The zero-order valence-corrected chi connectivity index (χ0v) is 35.9. The fourth-order valence-electron chi connectivity index (χ4n) is 5.40. The van der Waals surface area contributed by atoms with E-state index in [1.165, 1.54) is 0 Å². The van der Waals surface area contributed by atoms with Gasteiger partial charge in [0.1, 0.15) is 0 Å². The molecule has 46 heavy (non-hydrogen) atoms. The van der Waals surface area contributed by atoms with Gasteiger partial charge in [0.2, 0.25) is 0 Å². The molecule has 0 aromatic carbocycles. The van der Waals surface area contributed by atoms with Gasteiger partial charge >= 0.3 is 17.4 Å². The van der Waals surface area contributed by atoms with Gasteiger partial charge < -0.3 is 28.4 Å². The minimum absolute atomic E-state index is 0. The predicted octanol–water partition coefficient (Wildman–Crippen LogP) is 10.9. The van der Waals surface area contributed by atoms with E-state index in [4.69, 9.17) is 0 Å². The summed E-state index contributed by atoms with van der Waals surface area (Å²) in [5.74, 6) is 1.18. The molecule has 6 unspecified atom stereocenters. The second kappa shape index (κ2) is 34.5. The van der Waals surface area contributed by atoms with E-state index < -0.39 is 22.1 Å². The molecular weight excluding hydrogens is 673 g/mol. The van der Waals surface area contributed by atoms with Crippen molar-refractivity contribution in [3.05, 3.63) is 0 Å². The first-order chi connectivity index (χ1) is 21.2. The average molecular weight is 752 g/mol. The topological polar surface area (TPSA) is 120 Å². The number of unbranched alkanes of at least 4 members (excludes halogenated alkanes) is 6. The minimum atomic E-state index is -3.07. The molecule has 0 fully saturated rings. The zero-order valence-electron chi connectivity index (χ0n) is 31.9. The third-order valence-electron chi connectivity index (χ3n) is 8.80. The van der Waals surface area contributed by atoms with Gasteiger partial charge in [0.15, 0.2) is 0 Å². The molecular formula is C36H78CrO6P3. The molecule has 0 aliphatic heterocycles. The standard InChI is InChI=1S/3C12H27O2P.Cr/c3*1-4-7-9-12(6-3)11-15(13,14)10-8-5-2;/h3*12H,4-11H2,1-3H3,(H,13,14);/q;;;+3/p-3. The smallest absolute Gasteiger partial charge is 0.799 e. The van der Waals surface area contributed by atoms with Crippen LogP contribution in [0.25, 0.3) is 0 Å². The third kappa shape index (κ3) is 36.4. The molecule has 6 atom stereocenters. The van der Waals surface area contributed by atoms with Gasteiger partial charge in [-0.05, 0) is 74.0 Å². The van der Waals surface area contributed by atoms with Crippen LogP contribution in [0.1, 0.15) is 178 Å². The van der Waals surface area contributed by atoms with Gasteiger partial charge in [-0.2, -0.15) is 0 Å². The van der Waals surface area contributed by atoms with Crippen LogP contribution >= 0.6 is 22.1 Å². The van der Waals surface area contributed by atoms with Crippen molar-refractivity contribution in [1.82, 2.24) is 0 Å². The number of hydrogen-bond acceptors (Lipinski definition) is 6. The molecule has 0 aliphatic rings. The molecule has 0 spiro atoms. The van der Waals surface area contributed by atoms with Crippen LogP contribution in [-0.4, -0.2) is 37.0 Å². The molecule has 0 aliphatic carbocycles. The van der Waals surface area contributed by atoms with Gasteiger partial charge in [-0.1, -0.05) is 159 Å². The number of rotatable bonds is 27. The summed E-state index contributed by atoms with van der Waals surface area (Å²) >= 11 is 0. The summed E-state index contributed by atoms with van der Waals surface area (Å²) in [6.07, 6.45) is 21.1. The van der Waals surface area contributed by atoms with Crippen molar-refractivity contribution in [1.29, 1.82) is 0 Å². The Morgan fingerprint density at radius 2 is 0.587 bits per heavy atom. The first kappa shape index (κ1) is 53.9. The quantitative estimate of drug-likeness (QED) is 0.0771. The van der Waals surface area contributed by atoms with E-state index in [0.717, 1.165) is 116 Å². The molecule has 0 N–H and O–H groups in total. The summed E-state index contributed by atoms with van der Waals surface area (Å²) in [5, 5.41) is 0. The molecule has 0 heterocycles. The van der Waals surface area contributed by atoms with Crippen LogP contribution in [0.15, 0.2) is 0 Å². The first-order valence-corrected chi connectivity index (χ1v) is 25.0. The second-order valence-electron chi connectivity index (χ2n) is 13.5. The fraction of sp³-hybridized carbons (Fsp3) is 1.00. The average Bonchev–Trinajstić information content (AvgIpc) is 3.00. The molecule has 0 saturated carbocycles. The van der Waals surface area contributed by atoms with Crippen LogP contribution in [0, 0.1) is 17.8 Å². The summed E-state index contributed by atoms with van der Waals surface area (Å²) < 4.78 is 35.2. The summed E-state index contributed by atoms with van der Waals surface area (Å²) in [7, 11) is -9.22. The molecule has 0 amide bonds. The SMILES string of the molecule is CCCCC(CC)CP(=O)([O-])CCCC.CCCCC(CC)CP(=O)([O-])CCCC.CCCCC(CC)CP(=O)([O-])CCCC.[Cr+3]. The Kier molecular flexibility index (Phi) is 40.5. The largest absolute Gasteiger partial charge is 3.00 e. The van der Waals surface area contributed by atoms with E-state index in [2.05, 4.69) is 41.5 Å². The maximum atomic E-state index is 11.7. The van der Waals surface area contributed by atoms with Crippen LogP contribution in [0.5, 0.6) is 0 Å². The van der Waals surface area contributed by atoms with Crippen LogP contribution in [0.4, 0.5) is 0 Å². The van der Waals surface area contributed by atoms with Crippen molar-refractivity contribution in [3.63, 3.8) is 0 Å². The molecule has 0 rings (SSSR count). The van der Waals surface area contributed by atoms with E-state index in [0.29, 0.717) is 54.7 Å². The molecule has 0 saturated heterocycles. The predicted molar refractivity (Wildman–Crippen MR) is 197 cm³/mol. The summed E-state index contributed by atoms with van der Waals surface area (Å²) in [4.78, 5) is 35.2. The van der Waals surface area contributed by atoms with Crippen molar-refractivity contribution in [2.24, 2.45) is 17.8 Å². The maximum Gasteiger partial charge on any atom is 3.00 e. The normalized spacial score (nSPS) is 17.0. The minimum Gasteiger partial charge on any atom is -0.799 e. The molecule has 10 heteroatoms. The van der Waals surface area contributed by atoms with E-state index in [1.807, 2.05) is 20.8 Å². The summed E-state index contributed by atoms with van der Waals surface area (Å²) in [6, 6.07) is 0. The molecule has 0 bridgehead atoms. The molecule has 1 radical (unpaired) electrons. The van der Waals surface area contributed by atoms with Crippen molar-refractivity contribution in [2.45, 2.75) is 178 Å². The van der Waals surface area contributed by atoms with Crippen molar-refractivity contribution in [2.75, 3.05) is 37.0 Å². The first-order valence-electron chi connectivity index (χ1n) is 19.0. The Labute approximate surface area is 299 Å². The van der Waals surface area contributed by atoms with Crippen LogP contribution in [-0.2, 0) is 31.1 Å². The van der Waals surface area contributed by atoms with E-state index >= 15 is 0 Å². The third-order valence-corrected chi connectivity index (χ3v) is 15.0. The molecule has 279 valence electrons. The van der Waals surface area contributed by atoms with Gasteiger partial charge in [0.25, 0.3) is 0 Å². The van der Waals surface area contributed by atoms with Crippen LogP contribution in [0.2, 0.25) is 0 Å². The van der Waals surface area contributed by atoms with Gasteiger partial charge in [0.05, 0.1) is 0 Å². The second-order valence-corrected chi connectivity index (χ2v) is 20.8. The van der Waals surface area contributed by atoms with Crippen molar-refractivity contribution in [3.8, 4) is 0 Å². The van der Waals surface area contributed by atoms with E-state index in [1.54, 1.807) is 0 Å². The van der Waals surface area contributed by atoms with E-state index in [9.17, 15) is 28.4 Å². The Balaban J connectivity index is -0.000000285.